The topological polar surface area (TPSA) is 144 Å². The van der Waals surface area contributed by atoms with Crippen molar-refractivity contribution in [1.29, 1.82) is 0 Å². The van der Waals surface area contributed by atoms with Gasteiger partial charge in [-0.25, -0.2) is 14.6 Å². The van der Waals surface area contributed by atoms with Crippen LogP contribution in [0.25, 0.3) is 22.6 Å². The Bertz CT molecular complexity index is 1080. The van der Waals surface area contributed by atoms with Gasteiger partial charge in [-0.05, 0) is 12.1 Å². The fourth-order valence-electron chi connectivity index (χ4n) is 2.24. The molecule has 3 rings (SSSR count). The maximum Gasteiger partial charge on any atom is 0.340 e. The van der Waals surface area contributed by atoms with Gasteiger partial charge in [0, 0.05) is 0 Å². The Balaban J connectivity index is 2.64. The molecule has 24 heavy (non-hydrogen) atoms. The standard InChI is InChI=1S/C14H6Cl2N2O6/c15-4-2-1-3(13(20)21)8-11(4)24-12-6(16)10(19)7(17)5(14(22)23)9(12)18-8/h1-2H,17H2,(H,20,21)(H,22,23). The van der Waals surface area contributed by atoms with E-state index in [0.717, 1.165) is 0 Å². The molecule has 1 aliphatic heterocycles. The van der Waals surface area contributed by atoms with Crippen LogP contribution in [0.1, 0.15) is 20.7 Å². The van der Waals surface area contributed by atoms with E-state index in [-0.39, 0.29) is 33.1 Å². The van der Waals surface area contributed by atoms with E-state index in [1.54, 1.807) is 0 Å². The number of nitrogens with zero attached hydrogens (tertiary/aromatic N) is 1. The molecule has 0 amide bonds. The number of halogens is 2. The summed E-state index contributed by atoms with van der Waals surface area (Å²) in [7, 11) is 0. The third-order valence-corrected chi connectivity index (χ3v) is 3.96. The molecule has 122 valence electrons. The van der Waals surface area contributed by atoms with E-state index in [4.69, 9.17) is 33.4 Å². The molecule has 0 spiro atoms. The Kier molecular flexibility index (Phi) is 3.58. The molecule has 0 aromatic heterocycles. The molecule has 1 heterocycles. The minimum absolute atomic E-state index is 0.0154. The van der Waals surface area contributed by atoms with Gasteiger partial charge in [0.1, 0.15) is 21.8 Å². The predicted octanol–water partition coefficient (Wildman–Crippen LogP) is 2.58. The molecule has 8 nitrogen and oxygen atoms in total. The highest BCUT2D eigenvalue weighted by molar-refractivity contribution is 6.36. The summed E-state index contributed by atoms with van der Waals surface area (Å²) in [6.45, 7) is 0. The van der Waals surface area contributed by atoms with Crippen LogP contribution >= 0.6 is 23.2 Å². The van der Waals surface area contributed by atoms with Gasteiger partial charge in [0.25, 0.3) is 0 Å². The molecular formula is C14H6Cl2N2O6. The number of nitrogen functional groups attached to an aromatic ring is 1. The second-order valence-corrected chi connectivity index (χ2v) is 5.49. The Hall–Kier alpha value is -2.84. The summed E-state index contributed by atoms with van der Waals surface area (Å²) >= 11 is 11.9. The van der Waals surface area contributed by atoms with E-state index in [0.29, 0.717) is 0 Å². The number of aromatic carboxylic acids is 2. The van der Waals surface area contributed by atoms with Crippen LogP contribution in [0.2, 0.25) is 10.0 Å². The smallest absolute Gasteiger partial charge is 0.340 e. The maximum absolute atomic E-state index is 12.0. The van der Waals surface area contributed by atoms with Crippen molar-refractivity contribution < 1.29 is 24.2 Å². The molecule has 0 fully saturated rings. The van der Waals surface area contributed by atoms with Crippen molar-refractivity contribution in [3.63, 3.8) is 0 Å². The van der Waals surface area contributed by atoms with Gasteiger partial charge >= 0.3 is 11.9 Å². The fraction of sp³-hybridized carbons (Fsp3) is 0. The van der Waals surface area contributed by atoms with Crippen molar-refractivity contribution in [2.24, 2.45) is 0 Å². The number of rotatable bonds is 2. The Morgan fingerprint density at radius 2 is 1.83 bits per heavy atom. The SMILES string of the molecule is Nc1c(C(=O)O)c2nc3c(C(=O)O)ccc(Cl)c3oc-2c(Cl)c1=O. The summed E-state index contributed by atoms with van der Waals surface area (Å²) in [5.41, 5.74) is 2.39. The Morgan fingerprint density at radius 1 is 1.17 bits per heavy atom. The number of benzene rings is 2. The molecule has 1 aromatic rings. The van der Waals surface area contributed by atoms with Crippen molar-refractivity contribution in [3.05, 3.63) is 43.5 Å². The van der Waals surface area contributed by atoms with E-state index in [2.05, 4.69) is 4.98 Å². The van der Waals surface area contributed by atoms with Gasteiger partial charge in [-0.3, -0.25) is 4.79 Å². The Morgan fingerprint density at radius 3 is 2.42 bits per heavy atom. The third kappa shape index (κ3) is 2.15. The number of aromatic nitrogens is 1. The highest BCUT2D eigenvalue weighted by Gasteiger charge is 2.29. The average Bonchev–Trinajstić information content (AvgIpc) is 2.51. The van der Waals surface area contributed by atoms with Crippen molar-refractivity contribution in [2.45, 2.75) is 0 Å². The van der Waals surface area contributed by atoms with Crippen molar-refractivity contribution in [1.82, 2.24) is 4.98 Å². The molecule has 0 unspecified atom stereocenters. The predicted molar refractivity (Wildman–Crippen MR) is 85.3 cm³/mol. The van der Waals surface area contributed by atoms with E-state index < -0.39 is 33.6 Å². The first-order valence-electron chi connectivity index (χ1n) is 6.24. The van der Waals surface area contributed by atoms with Crippen molar-refractivity contribution >= 4 is 51.9 Å². The highest BCUT2D eigenvalue weighted by atomic mass is 35.5. The summed E-state index contributed by atoms with van der Waals surface area (Å²) in [5, 5.41) is 18.1. The third-order valence-electron chi connectivity index (χ3n) is 3.32. The quantitative estimate of drug-likeness (QED) is 0.462. The molecular weight excluding hydrogens is 363 g/mol. The molecule has 0 bridgehead atoms. The molecule has 2 aliphatic rings. The van der Waals surface area contributed by atoms with Crippen LogP contribution in [-0.2, 0) is 0 Å². The summed E-state index contributed by atoms with van der Waals surface area (Å²) < 4.78 is 5.42. The van der Waals surface area contributed by atoms with Crippen molar-refractivity contribution in [2.75, 3.05) is 5.73 Å². The van der Waals surface area contributed by atoms with Gasteiger partial charge in [0.2, 0.25) is 5.43 Å². The first-order chi connectivity index (χ1) is 11.2. The number of carboxylic acid groups (broad SMARTS) is 2. The van der Waals surface area contributed by atoms with Gasteiger partial charge in [-0.15, -0.1) is 0 Å². The maximum atomic E-state index is 12.0. The van der Waals surface area contributed by atoms with Crippen LogP contribution in [-0.4, -0.2) is 27.1 Å². The fourth-order valence-corrected chi connectivity index (χ4v) is 2.66. The number of hydrogen-bond acceptors (Lipinski definition) is 6. The zero-order chi connectivity index (χ0) is 17.8. The Labute approximate surface area is 142 Å². The second kappa shape index (κ2) is 5.36. The number of anilines is 1. The number of nitrogens with two attached hydrogens (primary N) is 1. The van der Waals surface area contributed by atoms with E-state index in [9.17, 15) is 24.6 Å². The number of carbonyl (C=O) groups is 2. The lowest BCUT2D eigenvalue weighted by Gasteiger charge is -2.13. The molecule has 10 heteroatoms. The van der Waals surface area contributed by atoms with E-state index >= 15 is 0 Å². The largest absolute Gasteiger partial charge is 0.478 e. The summed E-state index contributed by atoms with van der Waals surface area (Å²) in [5.74, 6) is -3.20. The number of hydrogen-bond donors (Lipinski definition) is 3. The molecule has 1 aliphatic carbocycles. The van der Waals surface area contributed by atoms with Gasteiger partial charge < -0.3 is 20.4 Å². The summed E-state index contributed by atoms with van der Waals surface area (Å²) in [6.07, 6.45) is 0. The molecule has 0 atom stereocenters. The van der Waals surface area contributed by atoms with Gasteiger partial charge in [-0.2, -0.15) is 0 Å². The van der Waals surface area contributed by atoms with E-state index in [1.165, 1.54) is 12.1 Å². The van der Waals surface area contributed by atoms with Gasteiger partial charge in [-0.1, -0.05) is 23.2 Å². The zero-order valence-corrected chi connectivity index (χ0v) is 13.0. The average molecular weight is 369 g/mol. The highest BCUT2D eigenvalue weighted by Crippen LogP contribution is 2.37. The normalized spacial score (nSPS) is 11.1. The van der Waals surface area contributed by atoms with Gasteiger partial charge in [0.05, 0.1) is 16.3 Å². The number of fused-ring (bicyclic) bond motifs is 2. The first-order valence-corrected chi connectivity index (χ1v) is 7.00. The van der Waals surface area contributed by atoms with Crippen LogP contribution in [0.3, 0.4) is 0 Å². The number of carboxylic acids is 2. The van der Waals surface area contributed by atoms with Crippen LogP contribution in [0, 0.1) is 0 Å². The monoisotopic (exact) mass is 368 g/mol. The van der Waals surface area contributed by atoms with Crippen LogP contribution < -0.4 is 11.2 Å². The molecule has 0 saturated carbocycles. The van der Waals surface area contributed by atoms with Gasteiger partial charge in [0.15, 0.2) is 11.3 Å². The lowest BCUT2D eigenvalue weighted by molar-refractivity contribution is 0.0688. The van der Waals surface area contributed by atoms with Crippen LogP contribution in [0.15, 0.2) is 21.3 Å². The lowest BCUT2D eigenvalue weighted by Crippen LogP contribution is -2.19. The zero-order valence-electron chi connectivity index (χ0n) is 11.5. The summed E-state index contributed by atoms with van der Waals surface area (Å²) in [6, 6.07) is 2.46. The molecule has 0 saturated heterocycles. The molecule has 4 N–H and O–H groups in total. The summed E-state index contributed by atoms with van der Waals surface area (Å²) in [4.78, 5) is 38.7. The molecule has 0 radical (unpaired) electrons. The second-order valence-electron chi connectivity index (χ2n) is 4.71. The minimum Gasteiger partial charge on any atom is -0.478 e. The molecule has 1 aromatic carbocycles. The lowest BCUT2D eigenvalue weighted by atomic mass is 10.1. The van der Waals surface area contributed by atoms with Crippen LogP contribution in [0.4, 0.5) is 5.69 Å². The van der Waals surface area contributed by atoms with E-state index in [1.807, 2.05) is 0 Å². The minimum atomic E-state index is -1.53. The first kappa shape index (κ1) is 16.0. The van der Waals surface area contributed by atoms with Crippen molar-refractivity contribution in [3.8, 4) is 11.5 Å². The van der Waals surface area contributed by atoms with Crippen LogP contribution in [0.5, 0.6) is 0 Å².